The van der Waals surface area contributed by atoms with Gasteiger partial charge in [-0.2, -0.15) is 0 Å². The van der Waals surface area contributed by atoms with Gasteiger partial charge < -0.3 is 0 Å². The number of rotatable bonds is 4. The van der Waals surface area contributed by atoms with Gasteiger partial charge in [-0.05, 0) is 36.5 Å². The molecule has 2 aliphatic carbocycles. The van der Waals surface area contributed by atoms with Crippen LogP contribution in [0.2, 0.25) is 0 Å². The number of hydrogen-bond acceptors (Lipinski definition) is 0. The van der Waals surface area contributed by atoms with Crippen molar-refractivity contribution >= 4 is 0 Å². The zero-order valence-corrected chi connectivity index (χ0v) is 7.95. The van der Waals surface area contributed by atoms with Gasteiger partial charge in [0.1, 0.15) is 0 Å². The number of unbranched alkanes of at least 4 members (excludes halogenated alkanes) is 2. The van der Waals surface area contributed by atoms with E-state index in [1.54, 1.807) is 19.3 Å². The van der Waals surface area contributed by atoms with Crippen molar-refractivity contribution in [1.82, 2.24) is 0 Å². The Hall–Kier alpha value is 0. The van der Waals surface area contributed by atoms with Crippen LogP contribution in [0.5, 0.6) is 0 Å². The minimum absolute atomic E-state index is 0.808. The molecule has 0 bridgehead atoms. The Morgan fingerprint density at radius 1 is 1.18 bits per heavy atom. The second-order valence-electron chi connectivity index (χ2n) is 4.97. The van der Waals surface area contributed by atoms with Crippen molar-refractivity contribution in [1.29, 1.82) is 0 Å². The first-order chi connectivity index (χ1) is 5.22. The Morgan fingerprint density at radius 3 is 2.36 bits per heavy atom. The summed E-state index contributed by atoms with van der Waals surface area (Å²) in [4.78, 5) is 0. The first-order valence-corrected chi connectivity index (χ1v) is 5.22. The van der Waals surface area contributed by atoms with E-state index in [4.69, 9.17) is 0 Å². The van der Waals surface area contributed by atoms with E-state index in [-0.39, 0.29) is 0 Å². The fourth-order valence-corrected chi connectivity index (χ4v) is 2.75. The van der Waals surface area contributed by atoms with E-state index in [2.05, 4.69) is 13.8 Å². The lowest BCUT2D eigenvalue weighted by Crippen LogP contribution is -1.97. The normalized spacial score (nSPS) is 37.6. The summed E-state index contributed by atoms with van der Waals surface area (Å²) < 4.78 is 0. The highest BCUT2D eigenvalue weighted by molar-refractivity contribution is 5.19. The van der Waals surface area contributed by atoms with Gasteiger partial charge in [0, 0.05) is 0 Å². The van der Waals surface area contributed by atoms with E-state index in [1.807, 2.05) is 0 Å². The molecule has 0 radical (unpaired) electrons. The van der Waals surface area contributed by atoms with Crippen molar-refractivity contribution in [2.45, 2.75) is 58.8 Å². The molecule has 2 rings (SSSR count). The van der Waals surface area contributed by atoms with E-state index >= 15 is 0 Å². The third-order valence-electron chi connectivity index (χ3n) is 4.07. The van der Waals surface area contributed by atoms with Gasteiger partial charge in [-0.25, -0.2) is 0 Å². The zero-order chi connectivity index (χ0) is 7.95. The molecule has 1 spiro atoms. The maximum atomic E-state index is 2.51. The molecule has 11 heavy (non-hydrogen) atoms. The van der Waals surface area contributed by atoms with Crippen LogP contribution in [0.15, 0.2) is 0 Å². The van der Waals surface area contributed by atoms with Crippen LogP contribution in [-0.2, 0) is 0 Å². The summed E-state index contributed by atoms with van der Waals surface area (Å²) in [7, 11) is 0. The van der Waals surface area contributed by atoms with Crippen LogP contribution in [0.25, 0.3) is 0 Å². The lowest BCUT2D eigenvalue weighted by atomic mass is 9.97. The van der Waals surface area contributed by atoms with Crippen LogP contribution < -0.4 is 0 Å². The Bertz CT molecular complexity index is 155. The SMILES string of the molecule is CCCCCC1(C)CC12CC2. The average Bonchev–Trinajstić information content (AvgIpc) is 2.79. The zero-order valence-electron chi connectivity index (χ0n) is 7.95. The molecule has 2 aliphatic rings. The Labute approximate surface area is 70.4 Å². The predicted molar refractivity (Wildman–Crippen MR) is 48.5 cm³/mol. The summed E-state index contributed by atoms with van der Waals surface area (Å²) in [5.74, 6) is 0. The van der Waals surface area contributed by atoms with Gasteiger partial charge in [0.25, 0.3) is 0 Å². The predicted octanol–water partition coefficient (Wildman–Crippen LogP) is 3.76. The van der Waals surface area contributed by atoms with E-state index in [0.717, 1.165) is 10.8 Å². The highest BCUT2D eigenvalue weighted by Gasteiger charge is 2.70. The summed E-state index contributed by atoms with van der Waals surface area (Å²) in [5.41, 5.74) is 1.71. The molecule has 64 valence electrons. The van der Waals surface area contributed by atoms with E-state index in [0.29, 0.717) is 0 Å². The Kier molecular flexibility index (Phi) is 1.56. The van der Waals surface area contributed by atoms with Gasteiger partial charge >= 0.3 is 0 Å². The molecule has 2 fully saturated rings. The molecule has 0 saturated heterocycles. The van der Waals surface area contributed by atoms with Crippen molar-refractivity contribution in [3.8, 4) is 0 Å². The lowest BCUT2D eigenvalue weighted by molar-refractivity contribution is 0.427. The molecular formula is C11H20. The average molecular weight is 152 g/mol. The van der Waals surface area contributed by atoms with Gasteiger partial charge in [-0.15, -0.1) is 0 Å². The maximum absolute atomic E-state index is 2.51. The Balaban J connectivity index is 1.71. The van der Waals surface area contributed by atoms with Crippen molar-refractivity contribution in [2.24, 2.45) is 10.8 Å². The monoisotopic (exact) mass is 152 g/mol. The highest BCUT2D eigenvalue weighted by Crippen LogP contribution is 2.80. The minimum atomic E-state index is 0.808. The smallest absolute Gasteiger partial charge is 0.0238 e. The summed E-state index contributed by atoms with van der Waals surface area (Å²) in [6.45, 7) is 4.80. The van der Waals surface area contributed by atoms with E-state index in [1.165, 1.54) is 25.7 Å². The molecule has 0 nitrogen and oxygen atoms in total. The van der Waals surface area contributed by atoms with Crippen molar-refractivity contribution in [2.75, 3.05) is 0 Å². The second-order valence-corrected chi connectivity index (χ2v) is 4.97. The summed E-state index contributed by atoms with van der Waals surface area (Å²) in [5, 5.41) is 0. The summed E-state index contributed by atoms with van der Waals surface area (Å²) in [6.07, 6.45) is 10.5. The summed E-state index contributed by atoms with van der Waals surface area (Å²) in [6, 6.07) is 0. The summed E-state index contributed by atoms with van der Waals surface area (Å²) >= 11 is 0. The molecule has 1 atom stereocenters. The lowest BCUT2D eigenvalue weighted by Gasteiger charge is -2.08. The van der Waals surface area contributed by atoms with Crippen LogP contribution in [0.3, 0.4) is 0 Å². The number of hydrogen-bond donors (Lipinski definition) is 0. The van der Waals surface area contributed by atoms with Gasteiger partial charge in [-0.1, -0.05) is 33.1 Å². The quantitative estimate of drug-likeness (QED) is 0.538. The third-order valence-corrected chi connectivity index (χ3v) is 4.07. The highest BCUT2D eigenvalue weighted by atomic mass is 14.7. The van der Waals surface area contributed by atoms with Crippen LogP contribution in [-0.4, -0.2) is 0 Å². The van der Waals surface area contributed by atoms with Gasteiger partial charge in [-0.3, -0.25) is 0 Å². The molecule has 1 unspecified atom stereocenters. The molecule has 0 aliphatic heterocycles. The van der Waals surface area contributed by atoms with Gasteiger partial charge in [0.05, 0.1) is 0 Å². The molecule has 0 aromatic rings. The maximum Gasteiger partial charge on any atom is -0.0238 e. The van der Waals surface area contributed by atoms with Crippen LogP contribution in [0, 0.1) is 10.8 Å². The van der Waals surface area contributed by atoms with E-state index in [9.17, 15) is 0 Å². The van der Waals surface area contributed by atoms with Crippen LogP contribution >= 0.6 is 0 Å². The van der Waals surface area contributed by atoms with Crippen molar-refractivity contribution in [3.05, 3.63) is 0 Å². The first-order valence-electron chi connectivity index (χ1n) is 5.22. The molecule has 0 aromatic carbocycles. The van der Waals surface area contributed by atoms with Crippen LogP contribution in [0.1, 0.15) is 58.8 Å². The standard InChI is InChI=1S/C11H20/c1-3-4-5-6-10(2)9-11(10)7-8-11/h3-9H2,1-2H3. The molecular weight excluding hydrogens is 132 g/mol. The molecule has 2 saturated carbocycles. The molecule has 0 aromatic heterocycles. The Morgan fingerprint density at radius 2 is 1.91 bits per heavy atom. The topological polar surface area (TPSA) is 0 Å². The first kappa shape index (κ1) is 7.64. The third kappa shape index (κ3) is 1.11. The van der Waals surface area contributed by atoms with Gasteiger partial charge in [0.2, 0.25) is 0 Å². The molecule has 0 heterocycles. The largest absolute Gasteiger partial charge is 0.0654 e. The van der Waals surface area contributed by atoms with Gasteiger partial charge in [0.15, 0.2) is 0 Å². The molecule has 0 amide bonds. The molecule has 0 N–H and O–H groups in total. The minimum Gasteiger partial charge on any atom is -0.0654 e. The van der Waals surface area contributed by atoms with E-state index < -0.39 is 0 Å². The second kappa shape index (κ2) is 2.24. The fraction of sp³-hybridized carbons (Fsp3) is 1.00. The van der Waals surface area contributed by atoms with Crippen molar-refractivity contribution < 1.29 is 0 Å². The van der Waals surface area contributed by atoms with Crippen molar-refractivity contribution in [3.63, 3.8) is 0 Å². The van der Waals surface area contributed by atoms with Crippen LogP contribution in [0.4, 0.5) is 0 Å². The molecule has 0 heteroatoms. The fourth-order valence-electron chi connectivity index (χ4n) is 2.75.